The fraction of sp³-hybridized carbons (Fsp3) is 0.379. The lowest BCUT2D eigenvalue weighted by molar-refractivity contribution is -0.127. The molecule has 3 aliphatic rings. The van der Waals surface area contributed by atoms with Crippen molar-refractivity contribution in [3.8, 4) is 17.0 Å². The van der Waals surface area contributed by atoms with Crippen molar-refractivity contribution < 1.29 is 9.90 Å². The number of carbonyl (C=O) groups excluding carboxylic acids is 1. The predicted molar refractivity (Wildman–Crippen MR) is 130 cm³/mol. The Labute approximate surface area is 195 Å². The zero-order valence-corrected chi connectivity index (χ0v) is 19.3. The first-order valence-corrected chi connectivity index (χ1v) is 12.1. The standard InChI is InChI=1S/C29H30N2O2/c1-29-13-12-24-23-11-9-22(32)15-19(23)8-10-25(24)26(29)16-20(28(29)33)14-21-17-31(2)30-27(21)18-6-4-3-5-7-18/h3-7,9,11,14-15,17,24-26,32H,8,10,12-13,16H2,1-2H3/b20-14+/t24-,25-,26+,29+/m1/s1. The number of aromatic nitrogens is 2. The van der Waals surface area contributed by atoms with E-state index in [1.807, 2.05) is 48.3 Å². The van der Waals surface area contributed by atoms with Crippen molar-refractivity contribution in [2.45, 2.75) is 44.9 Å². The zero-order chi connectivity index (χ0) is 22.7. The summed E-state index contributed by atoms with van der Waals surface area (Å²) in [4.78, 5) is 13.8. The molecule has 4 heteroatoms. The summed E-state index contributed by atoms with van der Waals surface area (Å²) < 4.78 is 1.84. The Hall–Kier alpha value is -3.14. The average Bonchev–Trinajstić information content (AvgIpc) is 3.31. The van der Waals surface area contributed by atoms with Gasteiger partial charge in [-0.3, -0.25) is 9.48 Å². The summed E-state index contributed by atoms with van der Waals surface area (Å²) in [6.45, 7) is 2.21. The lowest BCUT2D eigenvalue weighted by Crippen LogP contribution is -2.42. The molecule has 0 bridgehead atoms. The van der Waals surface area contributed by atoms with Crippen molar-refractivity contribution in [1.82, 2.24) is 9.78 Å². The summed E-state index contributed by atoms with van der Waals surface area (Å²) in [6.07, 6.45) is 9.08. The quantitative estimate of drug-likeness (QED) is 0.506. The lowest BCUT2D eigenvalue weighted by Gasteiger charge is -2.48. The molecule has 0 saturated heterocycles. The Morgan fingerprint density at radius 1 is 1.15 bits per heavy atom. The fourth-order valence-corrected chi connectivity index (χ4v) is 6.99. The molecule has 1 heterocycles. The van der Waals surface area contributed by atoms with Crippen LogP contribution >= 0.6 is 0 Å². The normalized spacial score (nSPS) is 29.6. The van der Waals surface area contributed by atoms with E-state index in [9.17, 15) is 9.90 Å². The van der Waals surface area contributed by atoms with E-state index in [0.29, 0.717) is 29.3 Å². The van der Waals surface area contributed by atoms with Crippen LogP contribution in [0.25, 0.3) is 17.3 Å². The summed E-state index contributed by atoms with van der Waals surface area (Å²) in [5.41, 5.74) is 6.42. The van der Waals surface area contributed by atoms with Gasteiger partial charge in [0.05, 0.1) is 5.69 Å². The number of aryl methyl sites for hydroxylation is 2. The second-order valence-electron chi connectivity index (χ2n) is 10.4. The van der Waals surface area contributed by atoms with E-state index < -0.39 is 0 Å². The lowest BCUT2D eigenvalue weighted by atomic mass is 9.55. The Morgan fingerprint density at radius 3 is 2.79 bits per heavy atom. The minimum atomic E-state index is -0.267. The number of ketones is 1. The first kappa shape index (κ1) is 20.5. The summed E-state index contributed by atoms with van der Waals surface area (Å²) in [5.74, 6) is 2.11. The monoisotopic (exact) mass is 438 g/mol. The third kappa shape index (κ3) is 3.18. The minimum absolute atomic E-state index is 0.267. The van der Waals surface area contributed by atoms with Gasteiger partial charge in [-0.15, -0.1) is 0 Å². The molecule has 3 aromatic rings. The molecular weight excluding hydrogens is 408 g/mol. The summed E-state index contributed by atoms with van der Waals surface area (Å²) in [5, 5.41) is 14.6. The number of phenols is 1. The Kier molecular flexibility index (Phi) is 4.62. The van der Waals surface area contributed by atoms with Gasteiger partial charge < -0.3 is 5.11 Å². The Morgan fingerprint density at radius 2 is 1.97 bits per heavy atom. The minimum Gasteiger partial charge on any atom is -0.508 e. The number of nitrogens with zero attached hydrogens (tertiary/aromatic N) is 2. The average molecular weight is 439 g/mol. The number of benzene rings is 2. The second-order valence-corrected chi connectivity index (χ2v) is 10.4. The van der Waals surface area contributed by atoms with Gasteiger partial charge in [0.25, 0.3) is 0 Å². The molecule has 2 saturated carbocycles. The number of rotatable bonds is 2. The van der Waals surface area contributed by atoms with E-state index in [1.165, 1.54) is 11.1 Å². The molecule has 33 heavy (non-hydrogen) atoms. The molecule has 2 aromatic carbocycles. The fourth-order valence-electron chi connectivity index (χ4n) is 6.99. The van der Waals surface area contributed by atoms with E-state index in [-0.39, 0.29) is 5.41 Å². The van der Waals surface area contributed by atoms with Crippen LogP contribution in [-0.4, -0.2) is 20.7 Å². The molecule has 6 rings (SSSR count). The molecule has 0 unspecified atom stereocenters. The smallest absolute Gasteiger partial charge is 0.165 e. The van der Waals surface area contributed by atoms with Crippen molar-refractivity contribution in [3.63, 3.8) is 0 Å². The van der Waals surface area contributed by atoms with Gasteiger partial charge in [0.15, 0.2) is 5.78 Å². The van der Waals surface area contributed by atoms with Crippen molar-refractivity contribution in [3.05, 3.63) is 77.0 Å². The topological polar surface area (TPSA) is 55.1 Å². The highest BCUT2D eigenvalue weighted by Gasteiger charge is 2.56. The van der Waals surface area contributed by atoms with Gasteiger partial charge in [-0.05, 0) is 84.8 Å². The third-order valence-corrected chi connectivity index (χ3v) is 8.58. The molecule has 3 aliphatic carbocycles. The van der Waals surface area contributed by atoms with Crippen molar-refractivity contribution in [1.29, 1.82) is 0 Å². The molecule has 1 N–H and O–H groups in total. The van der Waals surface area contributed by atoms with Crippen molar-refractivity contribution >= 4 is 11.9 Å². The summed E-state index contributed by atoms with van der Waals surface area (Å²) in [7, 11) is 1.94. The molecular formula is C29H30N2O2. The van der Waals surface area contributed by atoms with E-state index >= 15 is 0 Å². The van der Waals surface area contributed by atoms with Crippen LogP contribution in [-0.2, 0) is 18.3 Å². The third-order valence-electron chi connectivity index (χ3n) is 8.58. The van der Waals surface area contributed by atoms with Gasteiger partial charge in [0.2, 0.25) is 0 Å². The SMILES string of the molecule is Cn1cc(/C=C2\C[C@H]3[C@@H]4CCc5cc(O)ccc5[C@H]4CC[C@]3(C)C2=O)c(-c2ccccc2)n1. The van der Waals surface area contributed by atoms with Crippen LogP contribution in [0.5, 0.6) is 5.75 Å². The molecule has 2 fully saturated rings. The van der Waals surface area contributed by atoms with Gasteiger partial charge in [-0.2, -0.15) is 5.10 Å². The molecule has 0 spiro atoms. The number of aromatic hydroxyl groups is 1. The van der Waals surface area contributed by atoms with Crippen LogP contribution in [0.2, 0.25) is 0 Å². The molecule has 0 aliphatic heterocycles. The van der Waals surface area contributed by atoms with Gasteiger partial charge in [0, 0.05) is 29.8 Å². The maximum absolute atomic E-state index is 13.8. The van der Waals surface area contributed by atoms with Crippen LogP contribution < -0.4 is 0 Å². The number of carbonyl (C=O) groups is 1. The van der Waals surface area contributed by atoms with Crippen molar-refractivity contribution in [2.75, 3.05) is 0 Å². The van der Waals surface area contributed by atoms with Gasteiger partial charge in [-0.25, -0.2) is 0 Å². The van der Waals surface area contributed by atoms with E-state index in [4.69, 9.17) is 5.10 Å². The molecule has 0 amide bonds. The number of hydrogen-bond donors (Lipinski definition) is 1. The highest BCUT2D eigenvalue weighted by atomic mass is 16.3. The van der Waals surface area contributed by atoms with E-state index in [1.54, 1.807) is 0 Å². The van der Waals surface area contributed by atoms with E-state index in [2.05, 4.69) is 31.2 Å². The number of hydrogen-bond acceptors (Lipinski definition) is 3. The first-order valence-electron chi connectivity index (χ1n) is 12.1. The molecule has 0 radical (unpaired) electrons. The highest BCUT2D eigenvalue weighted by molar-refractivity contribution is 6.06. The largest absolute Gasteiger partial charge is 0.508 e. The number of allylic oxidation sites excluding steroid dienone is 1. The van der Waals surface area contributed by atoms with Crippen LogP contribution in [0.3, 0.4) is 0 Å². The zero-order valence-electron chi connectivity index (χ0n) is 19.3. The van der Waals surface area contributed by atoms with Crippen LogP contribution in [0, 0.1) is 17.3 Å². The number of fused-ring (bicyclic) bond motifs is 5. The van der Waals surface area contributed by atoms with Gasteiger partial charge in [-0.1, -0.05) is 43.3 Å². The van der Waals surface area contributed by atoms with Crippen LogP contribution in [0.15, 0.2) is 60.3 Å². The van der Waals surface area contributed by atoms with Gasteiger partial charge in [0.1, 0.15) is 5.75 Å². The number of Topliss-reactive ketones (excluding diaryl/α,β-unsaturated/α-hetero) is 1. The molecule has 4 nitrogen and oxygen atoms in total. The molecule has 168 valence electrons. The summed E-state index contributed by atoms with van der Waals surface area (Å²) >= 11 is 0. The maximum Gasteiger partial charge on any atom is 0.165 e. The second kappa shape index (κ2) is 7.44. The highest BCUT2D eigenvalue weighted by Crippen LogP contribution is 2.61. The van der Waals surface area contributed by atoms with Crippen molar-refractivity contribution in [2.24, 2.45) is 24.3 Å². The molecule has 4 atom stereocenters. The summed E-state index contributed by atoms with van der Waals surface area (Å²) in [6, 6.07) is 16.1. The Balaban J connectivity index is 1.36. The van der Waals surface area contributed by atoms with Gasteiger partial charge >= 0.3 is 0 Å². The van der Waals surface area contributed by atoms with Crippen LogP contribution in [0.1, 0.15) is 55.2 Å². The Bertz CT molecular complexity index is 1270. The first-order chi connectivity index (χ1) is 15.9. The molecule has 1 aromatic heterocycles. The van der Waals surface area contributed by atoms with Crippen LogP contribution in [0.4, 0.5) is 0 Å². The van der Waals surface area contributed by atoms with E-state index in [0.717, 1.165) is 54.5 Å². The predicted octanol–water partition coefficient (Wildman–Crippen LogP) is 5.91. The number of phenolic OH excluding ortho intramolecular Hbond substituents is 1. The maximum atomic E-state index is 13.8.